The number of para-hydroxylation sites is 1. The van der Waals surface area contributed by atoms with E-state index in [1.165, 1.54) is 6.33 Å². The van der Waals surface area contributed by atoms with Crippen LogP contribution in [0.15, 0.2) is 77.9 Å². The second kappa shape index (κ2) is 7.17. The monoisotopic (exact) mass is 360 g/mol. The van der Waals surface area contributed by atoms with Gasteiger partial charge in [0.2, 0.25) is 0 Å². The number of hydrogen-bond acceptors (Lipinski definition) is 6. The van der Waals surface area contributed by atoms with Gasteiger partial charge in [0, 0.05) is 11.8 Å². The van der Waals surface area contributed by atoms with Crippen LogP contribution >= 0.6 is 0 Å². The van der Waals surface area contributed by atoms with Gasteiger partial charge in [-0.2, -0.15) is 0 Å². The Bertz CT molecular complexity index is 1130. The standard InChI is InChI=1S/C20H16N4O3/c25-16-11-17(26)24(27-12-14-7-3-1-4-8-14)20-18(16)19(21-13-22-20)23-15-9-5-2-6-10-15/h1-11,13,25H,12H2,(H,21,22,23). The molecule has 0 spiro atoms. The number of hydrogen-bond donors (Lipinski definition) is 2. The molecule has 0 aliphatic carbocycles. The summed E-state index contributed by atoms with van der Waals surface area (Å²) in [5.41, 5.74) is 1.37. The Morgan fingerprint density at radius 1 is 1.00 bits per heavy atom. The predicted octanol–water partition coefficient (Wildman–Crippen LogP) is 2.87. The number of aromatic hydroxyl groups is 1. The van der Waals surface area contributed by atoms with Gasteiger partial charge in [-0.15, -0.1) is 4.73 Å². The molecule has 0 bridgehead atoms. The molecule has 2 N–H and O–H groups in total. The van der Waals surface area contributed by atoms with Crippen molar-refractivity contribution < 1.29 is 9.94 Å². The van der Waals surface area contributed by atoms with Crippen molar-refractivity contribution in [2.75, 3.05) is 5.32 Å². The van der Waals surface area contributed by atoms with Crippen molar-refractivity contribution in [3.05, 3.63) is 89.0 Å². The maximum Gasteiger partial charge on any atom is 0.288 e. The smallest absolute Gasteiger partial charge is 0.288 e. The summed E-state index contributed by atoms with van der Waals surface area (Å²) >= 11 is 0. The molecule has 0 unspecified atom stereocenters. The predicted molar refractivity (Wildman–Crippen MR) is 102 cm³/mol. The molecule has 0 fully saturated rings. The molecule has 0 saturated heterocycles. The third-order valence-electron chi connectivity index (χ3n) is 3.98. The molecule has 2 heterocycles. The van der Waals surface area contributed by atoms with Crippen molar-refractivity contribution in [2.45, 2.75) is 6.61 Å². The average Bonchev–Trinajstić information content (AvgIpc) is 2.69. The normalized spacial score (nSPS) is 10.7. The highest BCUT2D eigenvalue weighted by Gasteiger charge is 2.16. The van der Waals surface area contributed by atoms with Gasteiger partial charge < -0.3 is 15.3 Å². The van der Waals surface area contributed by atoms with Gasteiger partial charge in [0.25, 0.3) is 5.56 Å². The van der Waals surface area contributed by atoms with E-state index in [-0.39, 0.29) is 18.0 Å². The van der Waals surface area contributed by atoms with Crippen molar-refractivity contribution in [1.82, 2.24) is 14.7 Å². The molecule has 7 nitrogen and oxygen atoms in total. The summed E-state index contributed by atoms with van der Waals surface area (Å²) in [6.45, 7) is 0.187. The van der Waals surface area contributed by atoms with Crippen molar-refractivity contribution in [3.8, 4) is 5.75 Å². The fraction of sp³-hybridized carbons (Fsp3) is 0.0500. The maximum absolute atomic E-state index is 12.3. The molecule has 27 heavy (non-hydrogen) atoms. The first-order valence-electron chi connectivity index (χ1n) is 8.31. The maximum atomic E-state index is 12.3. The topological polar surface area (TPSA) is 89.3 Å². The van der Waals surface area contributed by atoms with E-state index in [4.69, 9.17) is 4.84 Å². The lowest BCUT2D eigenvalue weighted by atomic mass is 10.2. The zero-order chi connectivity index (χ0) is 18.6. The van der Waals surface area contributed by atoms with Gasteiger partial charge in [0.1, 0.15) is 29.9 Å². The summed E-state index contributed by atoms with van der Waals surface area (Å²) in [4.78, 5) is 26.4. The molecule has 0 radical (unpaired) electrons. The second-order valence-electron chi connectivity index (χ2n) is 5.83. The van der Waals surface area contributed by atoms with Crippen LogP contribution in [0.3, 0.4) is 0 Å². The fourth-order valence-corrected chi connectivity index (χ4v) is 2.71. The van der Waals surface area contributed by atoms with Gasteiger partial charge in [0.15, 0.2) is 5.65 Å². The lowest BCUT2D eigenvalue weighted by molar-refractivity contribution is 0.0976. The van der Waals surface area contributed by atoms with E-state index in [0.717, 1.165) is 22.0 Å². The van der Waals surface area contributed by atoms with Crippen molar-refractivity contribution in [2.24, 2.45) is 0 Å². The molecule has 2 aromatic heterocycles. The zero-order valence-corrected chi connectivity index (χ0v) is 14.2. The molecular formula is C20H16N4O3. The van der Waals surface area contributed by atoms with Crippen LogP contribution in [-0.2, 0) is 6.61 Å². The minimum atomic E-state index is -0.514. The Kier molecular flexibility index (Phi) is 4.40. The number of nitrogens with one attached hydrogen (secondary N) is 1. The van der Waals surface area contributed by atoms with Crippen LogP contribution in [-0.4, -0.2) is 19.8 Å². The minimum absolute atomic E-state index is 0.185. The molecule has 0 aliphatic heterocycles. The number of nitrogens with zero attached hydrogens (tertiary/aromatic N) is 3. The number of fused-ring (bicyclic) bond motifs is 1. The molecule has 4 rings (SSSR count). The van der Waals surface area contributed by atoms with Crippen molar-refractivity contribution in [1.29, 1.82) is 0 Å². The van der Waals surface area contributed by atoms with E-state index in [0.29, 0.717) is 11.2 Å². The lowest BCUT2D eigenvalue weighted by Gasteiger charge is -2.14. The number of rotatable bonds is 5. The van der Waals surface area contributed by atoms with Crippen LogP contribution in [0.4, 0.5) is 11.5 Å². The first kappa shape index (κ1) is 16.6. The molecule has 0 amide bonds. The highest BCUT2D eigenvalue weighted by Crippen LogP contribution is 2.28. The van der Waals surface area contributed by atoms with E-state index in [9.17, 15) is 9.90 Å². The molecule has 0 aliphatic rings. The summed E-state index contributed by atoms with van der Waals surface area (Å²) in [5, 5.41) is 13.8. The van der Waals surface area contributed by atoms with E-state index in [2.05, 4.69) is 15.3 Å². The van der Waals surface area contributed by atoms with Crippen LogP contribution < -0.4 is 15.7 Å². The van der Waals surface area contributed by atoms with Gasteiger partial charge in [-0.25, -0.2) is 9.97 Å². The number of benzene rings is 2. The fourth-order valence-electron chi connectivity index (χ4n) is 2.71. The molecule has 2 aromatic carbocycles. The molecule has 4 aromatic rings. The molecule has 0 saturated carbocycles. The van der Waals surface area contributed by atoms with Crippen molar-refractivity contribution in [3.63, 3.8) is 0 Å². The Balaban J connectivity index is 1.76. The Morgan fingerprint density at radius 3 is 2.44 bits per heavy atom. The van der Waals surface area contributed by atoms with Crippen LogP contribution in [0.2, 0.25) is 0 Å². The highest BCUT2D eigenvalue weighted by atomic mass is 16.7. The summed E-state index contributed by atoms with van der Waals surface area (Å²) in [7, 11) is 0. The van der Waals surface area contributed by atoms with E-state index < -0.39 is 5.56 Å². The molecule has 0 atom stereocenters. The third-order valence-corrected chi connectivity index (χ3v) is 3.98. The second-order valence-corrected chi connectivity index (χ2v) is 5.83. The average molecular weight is 360 g/mol. The van der Waals surface area contributed by atoms with Gasteiger partial charge in [-0.1, -0.05) is 48.5 Å². The van der Waals surface area contributed by atoms with E-state index in [1.807, 2.05) is 60.7 Å². The summed E-state index contributed by atoms with van der Waals surface area (Å²) < 4.78 is 1.07. The Labute approximate surface area is 154 Å². The third kappa shape index (κ3) is 3.43. The molecule has 134 valence electrons. The summed E-state index contributed by atoms with van der Waals surface area (Å²) in [6.07, 6.45) is 1.31. The zero-order valence-electron chi connectivity index (χ0n) is 14.2. The van der Waals surface area contributed by atoms with E-state index >= 15 is 0 Å². The van der Waals surface area contributed by atoms with Crippen molar-refractivity contribution >= 4 is 22.5 Å². The lowest BCUT2D eigenvalue weighted by Crippen LogP contribution is -2.27. The van der Waals surface area contributed by atoms with Crippen LogP contribution in [0, 0.1) is 0 Å². The van der Waals surface area contributed by atoms with Crippen LogP contribution in [0.1, 0.15) is 5.56 Å². The van der Waals surface area contributed by atoms with Gasteiger partial charge in [-0.05, 0) is 17.7 Å². The molecular weight excluding hydrogens is 344 g/mol. The number of pyridine rings is 1. The van der Waals surface area contributed by atoms with Gasteiger partial charge in [-0.3, -0.25) is 4.79 Å². The number of anilines is 2. The first-order chi connectivity index (χ1) is 13.2. The van der Waals surface area contributed by atoms with E-state index in [1.54, 1.807) is 0 Å². The Hall–Kier alpha value is -3.87. The van der Waals surface area contributed by atoms with Crippen LogP contribution in [0.25, 0.3) is 11.0 Å². The quantitative estimate of drug-likeness (QED) is 0.569. The number of aromatic nitrogens is 3. The Morgan fingerprint density at radius 2 is 1.70 bits per heavy atom. The summed E-state index contributed by atoms with van der Waals surface area (Å²) in [5.74, 6) is 0.161. The van der Waals surface area contributed by atoms with Gasteiger partial charge >= 0.3 is 0 Å². The summed E-state index contributed by atoms with van der Waals surface area (Å²) in [6, 6.07) is 20.0. The SMILES string of the molecule is O=c1cc(O)c2c(Nc3ccccc3)ncnc2n1OCc1ccccc1. The first-order valence-corrected chi connectivity index (χ1v) is 8.31. The minimum Gasteiger partial charge on any atom is -0.507 e. The molecule has 7 heteroatoms. The van der Waals surface area contributed by atoms with Gasteiger partial charge in [0.05, 0.1) is 0 Å². The van der Waals surface area contributed by atoms with Crippen LogP contribution in [0.5, 0.6) is 5.75 Å². The highest BCUT2D eigenvalue weighted by molar-refractivity contribution is 5.93. The largest absolute Gasteiger partial charge is 0.507 e.